The summed E-state index contributed by atoms with van der Waals surface area (Å²) in [7, 11) is 0. The van der Waals surface area contributed by atoms with Crippen molar-refractivity contribution in [3.05, 3.63) is 76.6 Å². The first-order chi connectivity index (χ1) is 15.6. The second-order valence-corrected chi connectivity index (χ2v) is 10.1. The molecule has 0 nitrogen and oxygen atoms in total. The molecular weight excluding hydrogens is 415 g/mol. The van der Waals surface area contributed by atoms with E-state index < -0.39 is 0 Å². The number of allylic oxidation sites excluding steroid dienone is 4. The van der Waals surface area contributed by atoms with Gasteiger partial charge in [-0.3, -0.25) is 0 Å². The van der Waals surface area contributed by atoms with E-state index in [0.717, 1.165) is 41.7 Å². The Morgan fingerprint density at radius 2 is 1.66 bits per heavy atom. The van der Waals surface area contributed by atoms with Gasteiger partial charge in [0.15, 0.2) is 0 Å². The van der Waals surface area contributed by atoms with E-state index in [1.807, 2.05) is 12.1 Å². The third-order valence-corrected chi connectivity index (χ3v) is 8.02. The highest BCUT2D eigenvalue weighted by molar-refractivity contribution is 6.33. The molecule has 0 saturated heterocycles. The summed E-state index contributed by atoms with van der Waals surface area (Å²) in [5.41, 5.74) is 5.22. The van der Waals surface area contributed by atoms with Gasteiger partial charge in [-0.15, -0.1) is 0 Å². The molecule has 2 aliphatic carbocycles. The summed E-state index contributed by atoms with van der Waals surface area (Å²) in [6.45, 7) is 4.19. The molecule has 1 saturated carbocycles. The van der Waals surface area contributed by atoms with Crippen LogP contribution in [0.3, 0.4) is 0 Å². The van der Waals surface area contributed by atoms with Crippen molar-refractivity contribution in [3.8, 4) is 11.1 Å². The van der Waals surface area contributed by atoms with Crippen LogP contribution in [-0.4, -0.2) is 0 Å². The normalized spacial score (nSPS) is 24.0. The van der Waals surface area contributed by atoms with Crippen molar-refractivity contribution >= 4 is 17.2 Å². The zero-order chi connectivity index (χ0) is 22.5. The van der Waals surface area contributed by atoms with Crippen molar-refractivity contribution in [3.63, 3.8) is 0 Å². The Labute approximate surface area is 198 Å². The van der Waals surface area contributed by atoms with E-state index in [0.29, 0.717) is 5.56 Å². The maximum atomic E-state index is 14.6. The van der Waals surface area contributed by atoms with Gasteiger partial charge in [-0.05, 0) is 98.3 Å². The lowest BCUT2D eigenvalue weighted by Gasteiger charge is -2.34. The third kappa shape index (κ3) is 5.20. The van der Waals surface area contributed by atoms with Gasteiger partial charge >= 0.3 is 0 Å². The maximum Gasteiger partial charge on any atom is 0.145 e. The largest absolute Gasteiger partial charge is 0.205 e. The van der Waals surface area contributed by atoms with E-state index in [9.17, 15) is 4.39 Å². The second-order valence-electron chi connectivity index (χ2n) is 9.69. The summed E-state index contributed by atoms with van der Waals surface area (Å²) in [5, 5.41) is 0.243. The molecule has 2 aromatic rings. The molecule has 0 radical (unpaired) electrons. The Morgan fingerprint density at radius 1 is 0.938 bits per heavy atom. The maximum absolute atomic E-state index is 14.6. The Balaban J connectivity index is 1.40. The lowest BCUT2D eigenvalue weighted by atomic mass is 9.71. The quantitative estimate of drug-likeness (QED) is 0.384. The SMILES string of the molecule is C/C=C/C1CCC(C2CC=C(c3ccc(-c4ccc(CCC)c(F)c4Cl)cc3)CC2)CC1. The van der Waals surface area contributed by atoms with Crippen LogP contribution in [0.4, 0.5) is 4.39 Å². The molecule has 0 aromatic heterocycles. The molecule has 0 N–H and O–H groups in total. The van der Waals surface area contributed by atoms with E-state index in [1.54, 1.807) is 0 Å². The lowest BCUT2D eigenvalue weighted by molar-refractivity contribution is 0.212. The highest BCUT2D eigenvalue weighted by Gasteiger charge is 2.28. The van der Waals surface area contributed by atoms with Gasteiger partial charge in [-0.1, -0.05) is 79.6 Å². The van der Waals surface area contributed by atoms with Crippen LogP contribution >= 0.6 is 11.6 Å². The minimum Gasteiger partial charge on any atom is -0.205 e. The second kappa shape index (κ2) is 10.8. The Morgan fingerprint density at radius 3 is 2.28 bits per heavy atom. The Kier molecular flexibility index (Phi) is 7.89. The average molecular weight is 451 g/mol. The standard InChI is InChI=1S/C30H36ClF/c1-3-5-21-7-9-22(10-8-21)23-11-13-24(14-12-23)25-15-17-26(18-16-25)28-20-19-27(6-4-2)30(32)29(28)31/h3,5,13,15-23H,4,6-12,14H2,1-2H3/b5-3+. The minimum absolute atomic E-state index is 0.243. The Bertz CT molecular complexity index is 961. The molecule has 0 amide bonds. The van der Waals surface area contributed by atoms with Gasteiger partial charge in [-0.2, -0.15) is 0 Å². The molecular formula is C30H36ClF. The van der Waals surface area contributed by atoms with Crippen LogP contribution in [-0.2, 0) is 6.42 Å². The van der Waals surface area contributed by atoms with Crippen molar-refractivity contribution in [2.45, 2.75) is 71.6 Å². The fourth-order valence-corrected chi connectivity index (χ4v) is 6.06. The first kappa shape index (κ1) is 23.3. The number of rotatable bonds is 6. The predicted molar refractivity (Wildman–Crippen MR) is 136 cm³/mol. The predicted octanol–water partition coefficient (Wildman–Crippen LogP) is 9.66. The Hall–Kier alpha value is -1.86. The van der Waals surface area contributed by atoms with E-state index in [1.165, 1.54) is 56.1 Å². The van der Waals surface area contributed by atoms with Gasteiger partial charge in [0.1, 0.15) is 5.82 Å². The number of aryl methyl sites for hydroxylation is 1. The molecule has 0 heterocycles. The van der Waals surface area contributed by atoms with E-state index in [-0.39, 0.29) is 10.8 Å². The topological polar surface area (TPSA) is 0 Å². The molecule has 2 heteroatoms. The summed E-state index contributed by atoms with van der Waals surface area (Å²) in [6, 6.07) is 12.4. The molecule has 0 bridgehead atoms. The fraction of sp³-hybridized carbons (Fsp3) is 0.467. The number of halogens is 2. The average Bonchev–Trinajstić information content (AvgIpc) is 2.83. The number of hydrogen-bond donors (Lipinski definition) is 0. The number of hydrogen-bond acceptors (Lipinski definition) is 0. The van der Waals surface area contributed by atoms with Crippen molar-refractivity contribution in [2.75, 3.05) is 0 Å². The van der Waals surface area contributed by atoms with E-state index in [4.69, 9.17) is 11.6 Å². The molecule has 4 rings (SSSR count). The van der Waals surface area contributed by atoms with Gasteiger partial charge in [0.25, 0.3) is 0 Å². The molecule has 2 aliphatic rings. The van der Waals surface area contributed by atoms with Crippen LogP contribution < -0.4 is 0 Å². The van der Waals surface area contributed by atoms with Gasteiger partial charge in [0.05, 0.1) is 5.02 Å². The zero-order valence-corrected chi connectivity index (χ0v) is 20.3. The van der Waals surface area contributed by atoms with E-state index in [2.05, 4.69) is 56.3 Å². The van der Waals surface area contributed by atoms with Crippen molar-refractivity contribution < 1.29 is 4.39 Å². The smallest absolute Gasteiger partial charge is 0.145 e. The molecule has 32 heavy (non-hydrogen) atoms. The summed E-state index contributed by atoms with van der Waals surface area (Å²) in [6.07, 6.45) is 17.9. The minimum atomic E-state index is -0.268. The van der Waals surface area contributed by atoms with E-state index >= 15 is 0 Å². The van der Waals surface area contributed by atoms with Crippen LogP contribution in [0.25, 0.3) is 16.7 Å². The van der Waals surface area contributed by atoms with Crippen molar-refractivity contribution in [1.82, 2.24) is 0 Å². The number of benzene rings is 2. The fourth-order valence-electron chi connectivity index (χ4n) is 5.76. The summed E-state index contributed by atoms with van der Waals surface area (Å²) < 4.78 is 14.6. The van der Waals surface area contributed by atoms with Gasteiger partial charge in [0.2, 0.25) is 0 Å². The lowest BCUT2D eigenvalue weighted by Crippen LogP contribution is -2.22. The molecule has 170 valence electrons. The summed E-state index contributed by atoms with van der Waals surface area (Å²) >= 11 is 6.38. The monoisotopic (exact) mass is 450 g/mol. The van der Waals surface area contributed by atoms with Crippen LogP contribution in [0.1, 0.15) is 76.3 Å². The molecule has 0 aliphatic heterocycles. The summed E-state index contributed by atoms with van der Waals surface area (Å²) in [4.78, 5) is 0. The molecule has 1 unspecified atom stereocenters. The van der Waals surface area contributed by atoms with Crippen LogP contribution in [0, 0.1) is 23.6 Å². The molecule has 0 spiro atoms. The van der Waals surface area contributed by atoms with Crippen LogP contribution in [0.2, 0.25) is 5.02 Å². The highest BCUT2D eigenvalue weighted by Crippen LogP contribution is 2.42. The van der Waals surface area contributed by atoms with Crippen LogP contribution in [0.5, 0.6) is 0 Å². The first-order valence-corrected chi connectivity index (χ1v) is 12.9. The zero-order valence-electron chi connectivity index (χ0n) is 19.5. The molecule has 2 aromatic carbocycles. The molecule has 1 fully saturated rings. The van der Waals surface area contributed by atoms with Crippen molar-refractivity contribution in [1.29, 1.82) is 0 Å². The van der Waals surface area contributed by atoms with Gasteiger partial charge in [-0.25, -0.2) is 4.39 Å². The van der Waals surface area contributed by atoms with Gasteiger partial charge < -0.3 is 0 Å². The van der Waals surface area contributed by atoms with Crippen molar-refractivity contribution in [2.24, 2.45) is 17.8 Å². The third-order valence-electron chi connectivity index (χ3n) is 7.65. The van der Waals surface area contributed by atoms with Gasteiger partial charge in [0, 0.05) is 5.56 Å². The van der Waals surface area contributed by atoms with Crippen LogP contribution in [0.15, 0.2) is 54.6 Å². The summed E-state index contributed by atoms with van der Waals surface area (Å²) in [5.74, 6) is 2.31. The molecule has 1 atom stereocenters. The first-order valence-electron chi connectivity index (χ1n) is 12.5. The highest BCUT2D eigenvalue weighted by atomic mass is 35.5.